The van der Waals surface area contributed by atoms with Gasteiger partial charge in [-0.05, 0) is 24.6 Å². The summed E-state index contributed by atoms with van der Waals surface area (Å²) < 4.78 is 18.6. The number of halogens is 1. The minimum atomic E-state index is -0.567. The zero-order valence-electron chi connectivity index (χ0n) is 12.4. The second-order valence-corrected chi connectivity index (χ2v) is 6.23. The lowest BCUT2D eigenvalue weighted by atomic mass is 10.1. The molecule has 0 bridgehead atoms. The van der Waals surface area contributed by atoms with E-state index in [1.807, 2.05) is 0 Å². The first-order valence-corrected chi connectivity index (χ1v) is 8.08. The van der Waals surface area contributed by atoms with Crippen LogP contribution in [0.2, 0.25) is 0 Å². The number of hydrogen-bond acceptors (Lipinski definition) is 5. The normalized spacial score (nSPS) is 19.0. The Morgan fingerprint density at radius 2 is 2.35 bits per heavy atom. The summed E-state index contributed by atoms with van der Waals surface area (Å²) >= 11 is 1.35. The van der Waals surface area contributed by atoms with Crippen LogP contribution in [0.25, 0.3) is 0 Å². The molecule has 2 heterocycles. The van der Waals surface area contributed by atoms with Crippen molar-refractivity contribution in [2.75, 3.05) is 11.4 Å². The number of amides is 1. The van der Waals surface area contributed by atoms with Crippen molar-refractivity contribution < 1.29 is 18.7 Å². The fourth-order valence-corrected chi connectivity index (χ4v) is 3.17. The van der Waals surface area contributed by atoms with Gasteiger partial charge in [-0.1, -0.05) is 12.1 Å². The zero-order valence-corrected chi connectivity index (χ0v) is 13.3. The van der Waals surface area contributed by atoms with Gasteiger partial charge in [0, 0.05) is 24.5 Å². The lowest BCUT2D eigenvalue weighted by Gasteiger charge is -2.17. The van der Waals surface area contributed by atoms with E-state index < -0.39 is 18.0 Å². The molecule has 0 N–H and O–H groups in total. The van der Waals surface area contributed by atoms with Gasteiger partial charge in [0.15, 0.2) is 5.13 Å². The zero-order chi connectivity index (χ0) is 16.4. The highest BCUT2D eigenvalue weighted by Gasteiger charge is 2.37. The van der Waals surface area contributed by atoms with Crippen LogP contribution in [0, 0.1) is 11.7 Å². The summed E-state index contributed by atoms with van der Waals surface area (Å²) in [7, 11) is 0. The average molecular weight is 334 g/mol. The molecule has 23 heavy (non-hydrogen) atoms. The van der Waals surface area contributed by atoms with Gasteiger partial charge in [0.25, 0.3) is 0 Å². The molecule has 2 aromatic rings. The monoisotopic (exact) mass is 334 g/mol. The highest BCUT2D eigenvalue weighted by Crippen LogP contribution is 2.28. The number of thiazole rings is 1. The molecule has 0 saturated carbocycles. The molecule has 1 aromatic carbocycles. The van der Waals surface area contributed by atoms with E-state index in [-0.39, 0.29) is 24.7 Å². The number of rotatable bonds is 4. The van der Waals surface area contributed by atoms with Crippen molar-refractivity contribution in [1.29, 1.82) is 0 Å². The number of aromatic nitrogens is 1. The maximum Gasteiger partial charge on any atom is 0.311 e. The Morgan fingerprint density at radius 1 is 1.52 bits per heavy atom. The van der Waals surface area contributed by atoms with Gasteiger partial charge < -0.3 is 4.74 Å². The average Bonchev–Trinajstić information content (AvgIpc) is 3.16. The van der Waals surface area contributed by atoms with Gasteiger partial charge in [0.2, 0.25) is 5.91 Å². The Hall–Kier alpha value is -2.28. The van der Waals surface area contributed by atoms with E-state index in [0.29, 0.717) is 10.7 Å². The van der Waals surface area contributed by atoms with Gasteiger partial charge in [0.1, 0.15) is 11.9 Å². The summed E-state index contributed by atoms with van der Waals surface area (Å²) in [5, 5.41) is 2.36. The van der Waals surface area contributed by atoms with Gasteiger partial charge in [0.05, 0.1) is 5.92 Å². The van der Waals surface area contributed by atoms with Crippen molar-refractivity contribution in [2.45, 2.75) is 19.4 Å². The molecule has 1 aromatic heterocycles. The smallest absolute Gasteiger partial charge is 0.311 e. The van der Waals surface area contributed by atoms with Crippen LogP contribution in [0.3, 0.4) is 0 Å². The first-order valence-electron chi connectivity index (χ1n) is 7.20. The third-order valence-electron chi connectivity index (χ3n) is 3.72. The van der Waals surface area contributed by atoms with Crippen LogP contribution in [0.5, 0.6) is 0 Å². The van der Waals surface area contributed by atoms with E-state index in [0.717, 1.165) is 0 Å². The van der Waals surface area contributed by atoms with Gasteiger partial charge in [-0.25, -0.2) is 9.37 Å². The van der Waals surface area contributed by atoms with Crippen LogP contribution in [-0.4, -0.2) is 23.4 Å². The summed E-state index contributed by atoms with van der Waals surface area (Å²) in [5.74, 6) is -1.49. The van der Waals surface area contributed by atoms with Crippen LogP contribution in [0.1, 0.15) is 25.0 Å². The molecule has 1 aliphatic rings. The van der Waals surface area contributed by atoms with E-state index in [2.05, 4.69) is 4.98 Å². The van der Waals surface area contributed by atoms with Crippen molar-refractivity contribution in [3.8, 4) is 0 Å². The van der Waals surface area contributed by atoms with E-state index >= 15 is 0 Å². The Balaban J connectivity index is 1.64. The van der Waals surface area contributed by atoms with Crippen LogP contribution in [0.4, 0.5) is 9.52 Å². The van der Waals surface area contributed by atoms with Crippen LogP contribution in [-0.2, 0) is 14.3 Å². The molecule has 5 nitrogen and oxygen atoms in total. The SMILES string of the molecule is C[C@@H](OC(=O)[C@H]1CC(=O)N(c2nccs2)C1)c1cccc(F)c1. The summed E-state index contributed by atoms with van der Waals surface area (Å²) in [6.45, 7) is 1.95. The molecule has 0 spiro atoms. The third kappa shape index (κ3) is 3.39. The number of carbonyl (C=O) groups excluding carboxylic acids is 2. The Morgan fingerprint density at radius 3 is 3.04 bits per heavy atom. The third-order valence-corrected chi connectivity index (χ3v) is 4.51. The second-order valence-electron chi connectivity index (χ2n) is 5.35. The van der Waals surface area contributed by atoms with Crippen molar-refractivity contribution >= 4 is 28.3 Å². The molecule has 1 amide bonds. The summed E-state index contributed by atoms with van der Waals surface area (Å²) in [4.78, 5) is 29.9. The molecule has 0 radical (unpaired) electrons. The Labute approximate surface area is 136 Å². The highest BCUT2D eigenvalue weighted by molar-refractivity contribution is 7.13. The van der Waals surface area contributed by atoms with Crippen LogP contribution >= 0.6 is 11.3 Å². The van der Waals surface area contributed by atoms with Gasteiger partial charge in [-0.3, -0.25) is 14.5 Å². The number of benzene rings is 1. The number of ether oxygens (including phenoxy) is 1. The van der Waals surface area contributed by atoms with E-state index in [9.17, 15) is 14.0 Å². The number of esters is 1. The van der Waals surface area contributed by atoms with Crippen LogP contribution in [0.15, 0.2) is 35.8 Å². The first kappa shape index (κ1) is 15.6. The van der Waals surface area contributed by atoms with E-state index in [1.165, 1.54) is 28.4 Å². The number of hydrogen-bond donors (Lipinski definition) is 0. The molecule has 1 fully saturated rings. The van der Waals surface area contributed by atoms with Gasteiger partial charge in [-0.15, -0.1) is 11.3 Å². The minimum Gasteiger partial charge on any atom is -0.458 e. The topological polar surface area (TPSA) is 59.5 Å². The minimum absolute atomic E-state index is 0.105. The van der Waals surface area contributed by atoms with Crippen molar-refractivity contribution in [1.82, 2.24) is 4.98 Å². The number of anilines is 1. The highest BCUT2D eigenvalue weighted by atomic mass is 32.1. The Kier molecular flexibility index (Phi) is 4.38. The lowest BCUT2D eigenvalue weighted by molar-refractivity contribution is -0.153. The molecule has 0 unspecified atom stereocenters. The quantitative estimate of drug-likeness (QED) is 0.807. The number of carbonyl (C=O) groups is 2. The molecule has 0 aliphatic carbocycles. The fourth-order valence-electron chi connectivity index (χ4n) is 2.50. The fraction of sp³-hybridized carbons (Fsp3) is 0.312. The van der Waals surface area contributed by atoms with Crippen molar-refractivity contribution in [3.63, 3.8) is 0 Å². The molecule has 120 valence electrons. The largest absolute Gasteiger partial charge is 0.458 e. The second kappa shape index (κ2) is 6.45. The van der Waals surface area contributed by atoms with Gasteiger partial charge in [-0.2, -0.15) is 0 Å². The van der Waals surface area contributed by atoms with E-state index in [4.69, 9.17) is 4.74 Å². The van der Waals surface area contributed by atoms with E-state index in [1.54, 1.807) is 30.6 Å². The van der Waals surface area contributed by atoms with Gasteiger partial charge >= 0.3 is 5.97 Å². The molecule has 2 atom stereocenters. The molecule has 1 saturated heterocycles. The summed E-state index contributed by atoms with van der Waals surface area (Å²) in [6.07, 6.45) is 1.15. The molecular weight excluding hydrogens is 319 g/mol. The number of nitrogens with zero attached hydrogens (tertiary/aromatic N) is 2. The van der Waals surface area contributed by atoms with Crippen LogP contribution < -0.4 is 4.90 Å². The summed E-state index contributed by atoms with van der Waals surface area (Å²) in [5.41, 5.74) is 0.583. The maximum atomic E-state index is 13.2. The molecular formula is C16H15FN2O3S. The Bertz CT molecular complexity index is 720. The molecule has 7 heteroatoms. The standard InChI is InChI=1S/C16H15FN2O3S/c1-10(11-3-2-4-13(17)7-11)22-15(21)12-8-14(20)19(9-12)16-18-5-6-23-16/h2-7,10,12H,8-9H2,1H3/t10-,12+/m1/s1. The van der Waals surface area contributed by atoms with Crippen molar-refractivity contribution in [2.24, 2.45) is 5.92 Å². The van der Waals surface area contributed by atoms with Crippen molar-refractivity contribution in [3.05, 3.63) is 47.2 Å². The predicted octanol–water partition coefficient (Wildman–Crippen LogP) is 2.94. The summed E-state index contributed by atoms with van der Waals surface area (Å²) in [6, 6.07) is 5.93. The lowest BCUT2D eigenvalue weighted by Crippen LogP contribution is -2.26. The first-order chi connectivity index (χ1) is 11.0. The predicted molar refractivity (Wildman–Crippen MR) is 83.5 cm³/mol. The maximum absolute atomic E-state index is 13.2. The molecule has 1 aliphatic heterocycles. The molecule has 3 rings (SSSR count).